The van der Waals surface area contributed by atoms with Gasteiger partial charge < -0.3 is 10.6 Å². The first-order valence-corrected chi connectivity index (χ1v) is 7.57. The van der Waals surface area contributed by atoms with Crippen LogP contribution in [-0.4, -0.2) is 34.8 Å². The molecule has 0 radical (unpaired) electrons. The van der Waals surface area contributed by atoms with E-state index in [1.54, 1.807) is 0 Å². The number of carbonyl (C=O) groups excluding carboxylic acids is 1. The first-order chi connectivity index (χ1) is 9.56. The van der Waals surface area contributed by atoms with Gasteiger partial charge in [0.15, 0.2) is 0 Å². The Morgan fingerprint density at radius 1 is 1.35 bits per heavy atom. The van der Waals surface area contributed by atoms with Gasteiger partial charge in [0.1, 0.15) is 0 Å². The number of nitrogens with one attached hydrogen (secondary N) is 2. The summed E-state index contributed by atoms with van der Waals surface area (Å²) in [5.41, 5.74) is 2.24. The number of amides is 1. The van der Waals surface area contributed by atoms with Crippen molar-refractivity contribution >= 4 is 5.91 Å². The van der Waals surface area contributed by atoms with Gasteiger partial charge in [-0.05, 0) is 45.7 Å². The predicted molar refractivity (Wildman–Crippen MR) is 81.7 cm³/mol. The molecule has 1 heterocycles. The van der Waals surface area contributed by atoms with Crippen molar-refractivity contribution in [2.75, 3.05) is 13.1 Å². The summed E-state index contributed by atoms with van der Waals surface area (Å²) in [6.45, 7) is 10.4. The largest absolute Gasteiger partial charge is 0.352 e. The molecule has 1 aromatic heterocycles. The number of nitrogens with zero attached hydrogens (tertiary/aromatic N) is 2. The maximum absolute atomic E-state index is 11.7. The van der Waals surface area contributed by atoms with Crippen LogP contribution < -0.4 is 10.6 Å². The second-order valence-electron chi connectivity index (χ2n) is 5.26. The van der Waals surface area contributed by atoms with Crippen molar-refractivity contribution in [3.8, 4) is 0 Å². The predicted octanol–water partition coefficient (Wildman–Crippen LogP) is 1.78. The molecule has 0 aliphatic carbocycles. The van der Waals surface area contributed by atoms with Crippen LogP contribution in [0.3, 0.4) is 0 Å². The highest BCUT2D eigenvalue weighted by Gasteiger charge is 2.07. The molecule has 1 aromatic rings. The molecule has 0 unspecified atom stereocenters. The minimum absolute atomic E-state index is 0.0878. The Bertz CT molecular complexity index is 410. The van der Waals surface area contributed by atoms with Crippen molar-refractivity contribution in [1.29, 1.82) is 0 Å². The molecule has 0 spiro atoms. The average molecular weight is 280 g/mol. The van der Waals surface area contributed by atoms with Gasteiger partial charge in [0.05, 0.1) is 12.2 Å². The molecule has 1 amide bonds. The lowest BCUT2D eigenvalue weighted by Crippen LogP contribution is -2.40. The second kappa shape index (κ2) is 8.74. The number of rotatable bonds is 9. The standard InChI is InChI=1S/C15H28N4O/c1-5-14(6-2)17-15(20)11-16-8-7-9-19-13(4)10-12(3)18-19/h10,14,16H,5-9,11H2,1-4H3,(H,17,20). The van der Waals surface area contributed by atoms with Gasteiger partial charge in [-0.25, -0.2) is 0 Å². The zero-order valence-electron chi connectivity index (χ0n) is 13.2. The van der Waals surface area contributed by atoms with Crippen LogP contribution in [0, 0.1) is 13.8 Å². The third kappa shape index (κ3) is 5.74. The molecule has 114 valence electrons. The van der Waals surface area contributed by atoms with Crippen LogP contribution in [-0.2, 0) is 11.3 Å². The van der Waals surface area contributed by atoms with E-state index in [1.807, 2.05) is 11.6 Å². The van der Waals surface area contributed by atoms with Crippen LogP contribution >= 0.6 is 0 Å². The number of hydrogen-bond donors (Lipinski definition) is 2. The highest BCUT2D eigenvalue weighted by Crippen LogP contribution is 2.02. The Labute approximate surface area is 122 Å². The fourth-order valence-corrected chi connectivity index (χ4v) is 2.23. The second-order valence-corrected chi connectivity index (χ2v) is 5.26. The maximum atomic E-state index is 11.7. The van der Waals surface area contributed by atoms with E-state index in [4.69, 9.17) is 0 Å². The molecule has 2 N–H and O–H groups in total. The summed E-state index contributed by atoms with van der Waals surface area (Å²) in [6.07, 6.45) is 2.94. The molecule has 1 rings (SSSR count). The zero-order chi connectivity index (χ0) is 15.0. The van der Waals surface area contributed by atoms with E-state index in [1.165, 1.54) is 5.69 Å². The number of aromatic nitrogens is 2. The summed E-state index contributed by atoms with van der Waals surface area (Å²) in [5, 5.41) is 10.6. The fourth-order valence-electron chi connectivity index (χ4n) is 2.23. The Hall–Kier alpha value is -1.36. The summed E-state index contributed by atoms with van der Waals surface area (Å²) in [6, 6.07) is 2.38. The minimum atomic E-state index is 0.0878. The molecule has 0 aromatic carbocycles. The van der Waals surface area contributed by atoms with E-state index in [2.05, 4.69) is 42.6 Å². The third-order valence-corrected chi connectivity index (χ3v) is 3.46. The monoisotopic (exact) mass is 280 g/mol. The topological polar surface area (TPSA) is 59.0 Å². The normalized spacial score (nSPS) is 11.1. The van der Waals surface area contributed by atoms with Gasteiger partial charge in [-0.2, -0.15) is 5.10 Å². The molecular weight excluding hydrogens is 252 g/mol. The summed E-state index contributed by atoms with van der Waals surface area (Å²) < 4.78 is 2.02. The molecule has 0 saturated carbocycles. The lowest BCUT2D eigenvalue weighted by Gasteiger charge is -2.14. The van der Waals surface area contributed by atoms with Gasteiger partial charge in [-0.3, -0.25) is 9.48 Å². The van der Waals surface area contributed by atoms with Crippen LogP contribution in [0.2, 0.25) is 0 Å². The van der Waals surface area contributed by atoms with E-state index in [-0.39, 0.29) is 5.91 Å². The Morgan fingerprint density at radius 2 is 2.05 bits per heavy atom. The van der Waals surface area contributed by atoms with Crippen molar-refractivity contribution in [2.45, 2.75) is 59.5 Å². The minimum Gasteiger partial charge on any atom is -0.352 e. The number of carbonyl (C=O) groups is 1. The molecule has 20 heavy (non-hydrogen) atoms. The molecule has 5 heteroatoms. The van der Waals surface area contributed by atoms with Crippen LogP contribution in [0.15, 0.2) is 6.07 Å². The van der Waals surface area contributed by atoms with Gasteiger partial charge in [-0.1, -0.05) is 13.8 Å². The Balaban J connectivity index is 2.13. The van der Waals surface area contributed by atoms with E-state index >= 15 is 0 Å². The smallest absolute Gasteiger partial charge is 0.234 e. The Morgan fingerprint density at radius 3 is 2.60 bits per heavy atom. The maximum Gasteiger partial charge on any atom is 0.234 e. The van der Waals surface area contributed by atoms with Crippen molar-refractivity contribution in [2.24, 2.45) is 0 Å². The summed E-state index contributed by atoms with van der Waals surface area (Å²) >= 11 is 0. The van der Waals surface area contributed by atoms with Gasteiger partial charge >= 0.3 is 0 Å². The van der Waals surface area contributed by atoms with Crippen molar-refractivity contribution in [3.05, 3.63) is 17.5 Å². The lowest BCUT2D eigenvalue weighted by atomic mass is 10.2. The molecular formula is C15H28N4O. The SMILES string of the molecule is CCC(CC)NC(=O)CNCCCn1nc(C)cc1C. The average Bonchev–Trinajstić information content (AvgIpc) is 2.74. The van der Waals surface area contributed by atoms with E-state index < -0.39 is 0 Å². The van der Waals surface area contributed by atoms with Crippen molar-refractivity contribution < 1.29 is 4.79 Å². The molecule has 0 aliphatic rings. The molecule has 5 nitrogen and oxygen atoms in total. The van der Waals surface area contributed by atoms with Gasteiger partial charge in [0, 0.05) is 18.3 Å². The molecule has 0 bridgehead atoms. The van der Waals surface area contributed by atoms with Crippen molar-refractivity contribution in [3.63, 3.8) is 0 Å². The first kappa shape index (κ1) is 16.7. The highest BCUT2D eigenvalue weighted by atomic mass is 16.1. The highest BCUT2D eigenvalue weighted by molar-refractivity contribution is 5.78. The van der Waals surface area contributed by atoms with Crippen molar-refractivity contribution in [1.82, 2.24) is 20.4 Å². The summed E-state index contributed by atoms with van der Waals surface area (Å²) in [5.74, 6) is 0.0878. The van der Waals surface area contributed by atoms with E-state index in [9.17, 15) is 4.79 Å². The molecule has 0 aliphatic heterocycles. The lowest BCUT2D eigenvalue weighted by molar-refractivity contribution is -0.121. The van der Waals surface area contributed by atoms with E-state index in [0.29, 0.717) is 12.6 Å². The third-order valence-electron chi connectivity index (χ3n) is 3.46. The molecule has 0 atom stereocenters. The van der Waals surface area contributed by atoms with Gasteiger partial charge in [-0.15, -0.1) is 0 Å². The number of aryl methyl sites for hydroxylation is 3. The van der Waals surface area contributed by atoms with Crippen LogP contribution in [0.5, 0.6) is 0 Å². The summed E-state index contributed by atoms with van der Waals surface area (Å²) in [4.78, 5) is 11.7. The van der Waals surface area contributed by atoms with Crippen LogP contribution in [0.1, 0.15) is 44.5 Å². The zero-order valence-corrected chi connectivity index (χ0v) is 13.2. The molecule has 0 fully saturated rings. The van der Waals surface area contributed by atoms with Crippen LogP contribution in [0.25, 0.3) is 0 Å². The first-order valence-electron chi connectivity index (χ1n) is 7.57. The van der Waals surface area contributed by atoms with Gasteiger partial charge in [0.25, 0.3) is 0 Å². The van der Waals surface area contributed by atoms with Crippen LogP contribution in [0.4, 0.5) is 0 Å². The quantitative estimate of drug-likeness (QED) is 0.678. The number of hydrogen-bond acceptors (Lipinski definition) is 3. The fraction of sp³-hybridized carbons (Fsp3) is 0.733. The molecule has 0 saturated heterocycles. The van der Waals surface area contributed by atoms with Gasteiger partial charge in [0.2, 0.25) is 5.91 Å². The Kier molecular flexibility index (Phi) is 7.30. The van der Waals surface area contributed by atoms with E-state index in [0.717, 1.165) is 38.0 Å². The summed E-state index contributed by atoms with van der Waals surface area (Å²) in [7, 11) is 0.